The van der Waals surface area contributed by atoms with E-state index in [1.54, 1.807) is 6.07 Å². The van der Waals surface area contributed by atoms with Crippen LogP contribution in [0.25, 0.3) is 0 Å². The van der Waals surface area contributed by atoms with Gasteiger partial charge in [-0.2, -0.15) is 0 Å². The van der Waals surface area contributed by atoms with Crippen molar-refractivity contribution in [1.82, 2.24) is 0 Å². The van der Waals surface area contributed by atoms with Gasteiger partial charge >= 0.3 is 0 Å². The van der Waals surface area contributed by atoms with Crippen molar-refractivity contribution in [1.29, 1.82) is 0 Å². The zero-order valence-electron chi connectivity index (χ0n) is 12.9. The molecule has 3 N–H and O–H groups in total. The zero-order valence-corrected chi connectivity index (χ0v) is 15.2. The molecule has 1 aliphatic rings. The lowest BCUT2D eigenvalue weighted by atomic mass is 10.1. The monoisotopic (exact) mass is 404 g/mol. The van der Waals surface area contributed by atoms with E-state index < -0.39 is 22.5 Å². The van der Waals surface area contributed by atoms with E-state index in [0.717, 1.165) is 12.1 Å². The van der Waals surface area contributed by atoms with Crippen LogP contribution in [-0.4, -0.2) is 27.3 Å². The summed E-state index contributed by atoms with van der Waals surface area (Å²) in [7, 11) is -2.87. The minimum atomic E-state index is -2.87. The number of anilines is 2. The van der Waals surface area contributed by atoms with E-state index in [1.807, 2.05) is 0 Å². The first-order valence-electron chi connectivity index (χ1n) is 7.37. The van der Waals surface area contributed by atoms with Gasteiger partial charge in [-0.3, -0.25) is 18.2 Å². The number of halogens is 3. The first-order chi connectivity index (χ1) is 11.8. The molecule has 0 saturated carbocycles. The Bertz CT molecular complexity index is 815. The molecule has 2 aromatic rings. The number of carbonyl (C=O) groups excluding carboxylic acids is 1. The number of nitrogens with zero attached hydrogens (tertiary/aromatic N) is 1. The van der Waals surface area contributed by atoms with Crippen LogP contribution in [0.4, 0.5) is 15.8 Å². The molecule has 9 heteroatoms. The van der Waals surface area contributed by atoms with Crippen LogP contribution in [0, 0.1) is 5.82 Å². The van der Waals surface area contributed by atoms with E-state index in [9.17, 15) is 18.3 Å². The van der Waals surface area contributed by atoms with Gasteiger partial charge in [-0.15, -0.1) is 10.8 Å². The molecule has 0 aliphatic carbocycles. The lowest BCUT2D eigenvalue weighted by Crippen LogP contribution is -2.22. The lowest BCUT2D eigenvalue weighted by molar-refractivity contribution is 0.102. The summed E-state index contributed by atoms with van der Waals surface area (Å²) in [5.74, 6) is -0.836. The molecule has 1 aliphatic heterocycles. The van der Waals surface area contributed by atoms with Crippen LogP contribution < -0.4 is 9.62 Å². The number of benzene rings is 2. The molecule has 0 bridgehead atoms. The minimum absolute atomic E-state index is 0.140. The summed E-state index contributed by atoms with van der Waals surface area (Å²) in [6, 6.07) is 8.30. The summed E-state index contributed by atoms with van der Waals surface area (Å²) in [4.78, 5) is 12.5. The molecule has 1 saturated heterocycles. The van der Waals surface area contributed by atoms with E-state index in [4.69, 9.17) is 23.2 Å². The van der Waals surface area contributed by atoms with Gasteiger partial charge in [-0.25, -0.2) is 4.39 Å². The van der Waals surface area contributed by atoms with E-state index in [-0.39, 0.29) is 21.3 Å². The molecule has 0 atom stereocenters. The second-order valence-corrected chi connectivity index (χ2v) is 8.53. The lowest BCUT2D eigenvalue weighted by Gasteiger charge is -2.38. The molecule has 0 aromatic heterocycles. The summed E-state index contributed by atoms with van der Waals surface area (Å²) in [5, 5.41) is 2.88. The number of rotatable bonds is 3. The van der Waals surface area contributed by atoms with Gasteiger partial charge in [0.15, 0.2) is 0 Å². The fourth-order valence-electron chi connectivity index (χ4n) is 2.62. The third kappa shape index (κ3) is 4.02. The highest BCUT2D eigenvalue weighted by molar-refractivity contribution is 8.25. The van der Waals surface area contributed by atoms with Gasteiger partial charge in [-0.05, 0) is 42.8 Å². The highest BCUT2D eigenvalue weighted by Gasteiger charge is 2.29. The SMILES string of the molecule is O=C(Nc1cc(F)cc(Cl)c1)c1cc(N2CCCS2(O)O)ccc1Cl. The predicted molar refractivity (Wildman–Crippen MR) is 100 cm³/mol. The van der Waals surface area contributed by atoms with Crippen molar-refractivity contribution in [3.63, 3.8) is 0 Å². The van der Waals surface area contributed by atoms with Gasteiger partial charge in [0.1, 0.15) is 5.82 Å². The predicted octanol–water partition coefficient (Wildman–Crippen LogP) is 5.26. The van der Waals surface area contributed by atoms with Crippen molar-refractivity contribution in [2.24, 2.45) is 0 Å². The smallest absolute Gasteiger partial charge is 0.257 e. The maximum absolute atomic E-state index is 13.4. The average molecular weight is 405 g/mol. The number of carbonyl (C=O) groups is 1. The Morgan fingerprint density at radius 2 is 1.96 bits per heavy atom. The van der Waals surface area contributed by atoms with Crippen LogP contribution in [-0.2, 0) is 0 Å². The van der Waals surface area contributed by atoms with Crippen LogP contribution in [0.15, 0.2) is 36.4 Å². The fraction of sp³-hybridized carbons (Fsp3) is 0.188. The molecule has 1 fully saturated rings. The zero-order chi connectivity index (χ0) is 18.2. The van der Waals surface area contributed by atoms with E-state index >= 15 is 0 Å². The van der Waals surface area contributed by atoms with Gasteiger partial charge < -0.3 is 5.32 Å². The maximum atomic E-state index is 13.4. The fourth-order valence-corrected chi connectivity index (χ4v) is 4.66. The van der Waals surface area contributed by atoms with Crippen LogP contribution in [0.5, 0.6) is 0 Å². The molecule has 0 unspecified atom stereocenters. The molecule has 134 valence electrons. The molecule has 25 heavy (non-hydrogen) atoms. The Morgan fingerprint density at radius 1 is 1.20 bits per heavy atom. The molecular formula is C16H15Cl2FN2O3S. The molecule has 3 rings (SSSR count). The molecule has 0 radical (unpaired) electrons. The van der Waals surface area contributed by atoms with Gasteiger partial charge in [-0.1, -0.05) is 23.2 Å². The van der Waals surface area contributed by atoms with Crippen molar-refractivity contribution in [3.8, 4) is 0 Å². The molecule has 0 spiro atoms. The quantitative estimate of drug-likeness (QED) is 0.651. The summed E-state index contributed by atoms with van der Waals surface area (Å²) in [6.07, 6.45) is 0.647. The standard InChI is InChI=1S/C16H15Cl2FN2O3S/c17-10-6-11(19)8-12(7-10)20-16(22)14-9-13(2-3-15(14)18)21-4-1-5-25(21,23)24/h2-3,6-9,23-24H,1,4-5H2,(H,20,22). The van der Waals surface area contributed by atoms with Crippen molar-refractivity contribution in [2.75, 3.05) is 21.9 Å². The van der Waals surface area contributed by atoms with Crippen molar-refractivity contribution < 1.29 is 18.3 Å². The second-order valence-electron chi connectivity index (χ2n) is 5.57. The average Bonchev–Trinajstić information content (AvgIpc) is 2.86. The number of nitrogens with one attached hydrogen (secondary N) is 1. The normalized spacial score (nSPS) is 17.4. The van der Waals surface area contributed by atoms with E-state index in [2.05, 4.69) is 5.32 Å². The first-order valence-corrected chi connectivity index (χ1v) is 9.80. The van der Waals surface area contributed by atoms with Crippen LogP contribution in [0.3, 0.4) is 0 Å². The Hall–Kier alpha value is -1.51. The second kappa shape index (κ2) is 7.01. The Kier molecular flexibility index (Phi) is 5.13. The molecule has 1 heterocycles. The highest BCUT2D eigenvalue weighted by Crippen LogP contribution is 2.51. The Morgan fingerprint density at radius 3 is 2.60 bits per heavy atom. The number of hydrogen-bond acceptors (Lipinski definition) is 4. The van der Waals surface area contributed by atoms with E-state index in [0.29, 0.717) is 24.4 Å². The molecule has 1 amide bonds. The number of amides is 1. The molecular weight excluding hydrogens is 390 g/mol. The molecule has 5 nitrogen and oxygen atoms in total. The van der Waals surface area contributed by atoms with Crippen molar-refractivity contribution >= 4 is 51.3 Å². The van der Waals surface area contributed by atoms with Gasteiger partial charge in [0, 0.05) is 17.3 Å². The van der Waals surface area contributed by atoms with Gasteiger partial charge in [0.2, 0.25) is 0 Å². The first kappa shape index (κ1) is 18.3. The van der Waals surface area contributed by atoms with Crippen LogP contribution >= 0.6 is 34.0 Å². The third-order valence-electron chi connectivity index (χ3n) is 3.74. The summed E-state index contributed by atoms with van der Waals surface area (Å²) >= 11 is 11.9. The summed E-state index contributed by atoms with van der Waals surface area (Å²) in [5.41, 5.74) is 0.827. The van der Waals surface area contributed by atoms with Gasteiger partial charge in [0.05, 0.1) is 22.0 Å². The summed E-state index contributed by atoms with van der Waals surface area (Å²) in [6.45, 7) is 0.477. The topological polar surface area (TPSA) is 72.8 Å². The third-order valence-corrected chi connectivity index (χ3v) is 6.22. The largest absolute Gasteiger partial charge is 0.322 e. The Balaban J connectivity index is 1.88. The van der Waals surface area contributed by atoms with E-state index in [1.165, 1.54) is 22.5 Å². The minimum Gasteiger partial charge on any atom is -0.322 e. The number of hydrogen-bond donors (Lipinski definition) is 3. The van der Waals surface area contributed by atoms with Crippen molar-refractivity contribution in [3.05, 3.63) is 57.8 Å². The summed E-state index contributed by atoms with van der Waals surface area (Å²) < 4.78 is 35.0. The Labute approximate surface area is 155 Å². The van der Waals surface area contributed by atoms with Crippen LogP contribution in [0.1, 0.15) is 16.8 Å². The van der Waals surface area contributed by atoms with Crippen molar-refractivity contribution in [2.45, 2.75) is 6.42 Å². The molecule has 2 aromatic carbocycles. The van der Waals surface area contributed by atoms with Gasteiger partial charge in [0.25, 0.3) is 5.91 Å². The highest BCUT2D eigenvalue weighted by atomic mass is 35.5. The maximum Gasteiger partial charge on any atom is 0.257 e. The van der Waals surface area contributed by atoms with Crippen LogP contribution in [0.2, 0.25) is 10.0 Å².